The molecule has 2 fully saturated rings. The van der Waals surface area contributed by atoms with Crippen LogP contribution in [-0.2, 0) is 4.79 Å². The second-order valence-electron chi connectivity index (χ2n) is 7.07. The van der Waals surface area contributed by atoms with E-state index < -0.39 is 0 Å². The van der Waals surface area contributed by atoms with Crippen LogP contribution in [0.15, 0.2) is 24.4 Å². The molecule has 0 saturated carbocycles. The fourth-order valence-electron chi connectivity index (χ4n) is 3.88. The summed E-state index contributed by atoms with van der Waals surface area (Å²) in [7, 11) is 0. The molecule has 0 aromatic carbocycles. The molecule has 2 saturated heterocycles. The third-order valence-corrected chi connectivity index (χ3v) is 5.20. The number of piperidine rings is 1. The number of hydrogen-bond donors (Lipinski definition) is 0. The number of likely N-dealkylation sites (tertiary alicyclic amines) is 1. The molecule has 5 heteroatoms. The predicted molar refractivity (Wildman–Crippen MR) is 97.1 cm³/mol. The third-order valence-electron chi connectivity index (χ3n) is 5.20. The summed E-state index contributed by atoms with van der Waals surface area (Å²) in [5.74, 6) is 2.08. The zero-order valence-electron chi connectivity index (χ0n) is 14.9. The van der Waals surface area contributed by atoms with E-state index in [4.69, 9.17) is 0 Å². The summed E-state index contributed by atoms with van der Waals surface area (Å²) < 4.78 is 0. The fourth-order valence-corrected chi connectivity index (χ4v) is 3.88. The number of anilines is 1. The molecule has 2 aliphatic rings. The number of hydrogen-bond acceptors (Lipinski definition) is 4. The first kappa shape index (κ1) is 17.2. The zero-order valence-corrected chi connectivity index (χ0v) is 14.9. The molecule has 0 N–H and O–H groups in total. The van der Waals surface area contributed by atoms with Gasteiger partial charge in [-0.05, 0) is 37.3 Å². The number of rotatable bonds is 5. The number of carbonyl (C=O) groups is 1. The van der Waals surface area contributed by atoms with Crippen LogP contribution in [0.4, 0.5) is 5.82 Å². The molecule has 3 heterocycles. The lowest BCUT2D eigenvalue weighted by Crippen LogP contribution is -2.50. The first-order valence-corrected chi connectivity index (χ1v) is 9.42. The van der Waals surface area contributed by atoms with Crippen LogP contribution in [-0.4, -0.2) is 66.5 Å². The molecule has 5 nitrogen and oxygen atoms in total. The maximum atomic E-state index is 12.1. The standard InChI is InChI=1S/C19H30N4O/c1-2-6-19(24)23-10-5-7-17(16-23)15-21-11-13-22(14-12-21)18-8-3-4-9-20-18/h3-4,8-9,17H,2,5-7,10-16H2,1H3/t17-/m1/s1. The number of piperazine rings is 1. The lowest BCUT2D eigenvalue weighted by Gasteiger charge is -2.39. The second-order valence-corrected chi connectivity index (χ2v) is 7.07. The maximum Gasteiger partial charge on any atom is 0.222 e. The van der Waals surface area contributed by atoms with Gasteiger partial charge < -0.3 is 9.80 Å². The topological polar surface area (TPSA) is 39.7 Å². The molecule has 1 aromatic heterocycles. The van der Waals surface area contributed by atoms with Crippen molar-refractivity contribution in [2.45, 2.75) is 32.6 Å². The Bertz CT molecular complexity index is 513. The van der Waals surface area contributed by atoms with Gasteiger partial charge >= 0.3 is 0 Å². The van der Waals surface area contributed by atoms with Gasteiger partial charge in [-0.15, -0.1) is 0 Å². The first-order valence-electron chi connectivity index (χ1n) is 9.42. The van der Waals surface area contributed by atoms with E-state index >= 15 is 0 Å². The Labute approximate surface area is 145 Å². The molecular formula is C19H30N4O. The minimum atomic E-state index is 0.349. The van der Waals surface area contributed by atoms with Gasteiger partial charge in [0, 0.05) is 58.4 Å². The minimum Gasteiger partial charge on any atom is -0.354 e. The van der Waals surface area contributed by atoms with Crippen LogP contribution in [0.2, 0.25) is 0 Å². The first-order chi connectivity index (χ1) is 11.8. The highest BCUT2D eigenvalue weighted by Crippen LogP contribution is 2.20. The molecule has 0 bridgehead atoms. The molecule has 1 amide bonds. The molecular weight excluding hydrogens is 300 g/mol. The van der Waals surface area contributed by atoms with Gasteiger partial charge in [-0.25, -0.2) is 4.98 Å². The fraction of sp³-hybridized carbons (Fsp3) is 0.684. The summed E-state index contributed by atoms with van der Waals surface area (Å²) in [5.41, 5.74) is 0. The van der Waals surface area contributed by atoms with Crippen molar-refractivity contribution in [3.05, 3.63) is 24.4 Å². The van der Waals surface area contributed by atoms with E-state index in [0.29, 0.717) is 18.2 Å². The Hall–Kier alpha value is -1.62. The molecule has 0 spiro atoms. The summed E-state index contributed by atoms with van der Waals surface area (Å²) in [6.07, 6.45) is 5.95. The van der Waals surface area contributed by atoms with Crippen molar-refractivity contribution >= 4 is 11.7 Å². The maximum absolute atomic E-state index is 12.1. The number of pyridine rings is 1. The highest BCUT2D eigenvalue weighted by Gasteiger charge is 2.26. The van der Waals surface area contributed by atoms with Gasteiger partial charge in [-0.2, -0.15) is 0 Å². The van der Waals surface area contributed by atoms with E-state index in [2.05, 4.69) is 38.7 Å². The average molecular weight is 330 g/mol. The SMILES string of the molecule is CCCC(=O)N1CCC[C@H](CN2CCN(c3ccccn3)CC2)C1. The van der Waals surface area contributed by atoms with Crippen LogP contribution in [0.1, 0.15) is 32.6 Å². The average Bonchev–Trinajstić information content (AvgIpc) is 2.63. The van der Waals surface area contributed by atoms with Crippen LogP contribution in [0.3, 0.4) is 0 Å². The van der Waals surface area contributed by atoms with Gasteiger partial charge in [0.2, 0.25) is 5.91 Å². The van der Waals surface area contributed by atoms with Crippen molar-refractivity contribution in [2.75, 3.05) is 50.7 Å². The van der Waals surface area contributed by atoms with Crippen LogP contribution in [0.25, 0.3) is 0 Å². The van der Waals surface area contributed by atoms with E-state index in [-0.39, 0.29) is 0 Å². The Morgan fingerprint density at radius 2 is 2.04 bits per heavy atom. The van der Waals surface area contributed by atoms with Gasteiger partial charge in [0.1, 0.15) is 5.82 Å². The lowest BCUT2D eigenvalue weighted by atomic mass is 9.96. The van der Waals surface area contributed by atoms with E-state index in [9.17, 15) is 4.79 Å². The summed E-state index contributed by atoms with van der Waals surface area (Å²) in [5, 5.41) is 0. The van der Waals surface area contributed by atoms with Crippen molar-refractivity contribution < 1.29 is 4.79 Å². The Balaban J connectivity index is 1.45. The van der Waals surface area contributed by atoms with Crippen molar-refractivity contribution in [1.82, 2.24) is 14.8 Å². The molecule has 1 atom stereocenters. The normalized spacial score (nSPS) is 22.6. The highest BCUT2D eigenvalue weighted by atomic mass is 16.2. The van der Waals surface area contributed by atoms with Crippen molar-refractivity contribution in [1.29, 1.82) is 0 Å². The van der Waals surface area contributed by atoms with E-state index in [1.54, 1.807) is 0 Å². The quantitative estimate of drug-likeness (QED) is 0.830. The second kappa shape index (κ2) is 8.47. The van der Waals surface area contributed by atoms with E-state index in [1.165, 1.54) is 6.42 Å². The van der Waals surface area contributed by atoms with Gasteiger partial charge in [-0.1, -0.05) is 13.0 Å². The van der Waals surface area contributed by atoms with Crippen LogP contribution >= 0.6 is 0 Å². The largest absolute Gasteiger partial charge is 0.354 e. The van der Waals surface area contributed by atoms with E-state index in [1.807, 2.05) is 12.3 Å². The summed E-state index contributed by atoms with van der Waals surface area (Å²) >= 11 is 0. The summed E-state index contributed by atoms with van der Waals surface area (Å²) in [6.45, 7) is 9.41. The molecule has 3 rings (SSSR count). The number of amides is 1. The van der Waals surface area contributed by atoms with Crippen molar-refractivity contribution in [3.63, 3.8) is 0 Å². The monoisotopic (exact) mass is 330 g/mol. The lowest BCUT2D eigenvalue weighted by molar-refractivity contribution is -0.133. The minimum absolute atomic E-state index is 0.349. The van der Waals surface area contributed by atoms with Crippen LogP contribution < -0.4 is 4.90 Å². The molecule has 0 radical (unpaired) electrons. The molecule has 2 aliphatic heterocycles. The zero-order chi connectivity index (χ0) is 16.8. The number of carbonyl (C=O) groups excluding carboxylic acids is 1. The molecule has 0 aliphatic carbocycles. The van der Waals surface area contributed by atoms with E-state index in [0.717, 1.165) is 64.5 Å². The summed E-state index contributed by atoms with van der Waals surface area (Å²) in [4.78, 5) is 23.6. The van der Waals surface area contributed by atoms with Crippen molar-refractivity contribution in [2.24, 2.45) is 5.92 Å². The van der Waals surface area contributed by atoms with Gasteiger partial charge in [0.25, 0.3) is 0 Å². The Kier molecular flexibility index (Phi) is 6.07. The van der Waals surface area contributed by atoms with Gasteiger partial charge in [0.15, 0.2) is 0 Å². The number of nitrogens with zero attached hydrogens (tertiary/aromatic N) is 4. The summed E-state index contributed by atoms with van der Waals surface area (Å²) in [6, 6.07) is 6.11. The number of aromatic nitrogens is 1. The molecule has 1 aromatic rings. The van der Waals surface area contributed by atoms with Crippen molar-refractivity contribution in [3.8, 4) is 0 Å². The smallest absolute Gasteiger partial charge is 0.222 e. The van der Waals surface area contributed by atoms with Gasteiger partial charge in [0.05, 0.1) is 0 Å². The highest BCUT2D eigenvalue weighted by molar-refractivity contribution is 5.76. The third kappa shape index (κ3) is 4.47. The Morgan fingerprint density at radius 3 is 2.75 bits per heavy atom. The predicted octanol–water partition coefficient (Wildman–Crippen LogP) is 2.24. The Morgan fingerprint density at radius 1 is 1.21 bits per heavy atom. The molecule has 24 heavy (non-hydrogen) atoms. The molecule has 132 valence electrons. The molecule has 0 unspecified atom stereocenters. The van der Waals surface area contributed by atoms with Crippen LogP contribution in [0.5, 0.6) is 0 Å². The van der Waals surface area contributed by atoms with Gasteiger partial charge in [-0.3, -0.25) is 9.69 Å². The van der Waals surface area contributed by atoms with Crippen LogP contribution in [0, 0.1) is 5.92 Å².